The van der Waals surface area contributed by atoms with E-state index in [9.17, 15) is 0 Å². The summed E-state index contributed by atoms with van der Waals surface area (Å²) in [6, 6.07) is 19.5. The minimum Gasteiger partial charge on any atom is -0.293 e. The van der Waals surface area contributed by atoms with Crippen LogP contribution in [0.5, 0.6) is 0 Å². The van der Waals surface area contributed by atoms with Gasteiger partial charge in [0.15, 0.2) is 0 Å². The monoisotopic (exact) mass is 357 g/mol. The molecule has 128 valence electrons. The summed E-state index contributed by atoms with van der Waals surface area (Å²) in [5.41, 5.74) is 8.05. The van der Waals surface area contributed by atoms with E-state index in [1.807, 2.05) is 0 Å². The van der Waals surface area contributed by atoms with Gasteiger partial charge in [0.25, 0.3) is 0 Å². The van der Waals surface area contributed by atoms with Crippen molar-refractivity contribution < 1.29 is 0 Å². The third-order valence-electron chi connectivity index (χ3n) is 5.02. The lowest BCUT2D eigenvalue weighted by Gasteiger charge is -2.19. The van der Waals surface area contributed by atoms with Gasteiger partial charge in [-0.25, -0.2) is 4.98 Å². The van der Waals surface area contributed by atoms with Crippen LogP contribution >= 0.6 is 11.7 Å². The van der Waals surface area contributed by atoms with Gasteiger partial charge in [-0.3, -0.25) is 4.37 Å². The molecular weight excluding hydrogens is 338 g/mol. The van der Waals surface area contributed by atoms with Crippen molar-refractivity contribution in [1.29, 1.82) is 0 Å². The normalized spacial score (nSPS) is 12.4. The van der Waals surface area contributed by atoms with E-state index >= 15 is 0 Å². The zero-order valence-corrected chi connectivity index (χ0v) is 15.8. The molecule has 5 rings (SSSR count). The van der Waals surface area contributed by atoms with E-state index in [4.69, 9.17) is 4.98 Å². The molecule has 0 unspecified atom stereocenters. The molecule has 0 bridgehead atoms. The zero-order valence-electron chi connectivity index (χ0n) is 15.0. The SMILES string of the molecule is CC(C)(C)c1cccc(-c2ccc3nc4ccc5[nH]snc5c4c3c2)c1. The summed E-state index contributed by atoms with van der Waals surface area (Å²) in [6.45, 7) is 6.75. The first-order valence-electron chi connectivity index (χ1n) is 8.78. The van der Waals surface area contributed by atoms with Crippen LogP contribution in [-0.2, 0) is 5.41 Å². The maximum Gasteiger partial charge on any atom is 0.112 e. The Kier molecular flexibility index (Phi) is 3.22. The molecule has 0 spiro atoms. The summed E-state index contributed by atoms with van der Waals surface area (Å²) in [6.07, 6.45) is 0. The van der Waals surface area contributed by atoms with Crippen LogP contribution in [0.2, 0.25) is 0 Å². The summed E-state index contributed by atoms with van der Waals surface area (Å²) in [5.74, 6) is 0. The van der Waals surface area contributed by atoms with Gasteiger partial charge >= 0.3 is 0 Å². The standard InChI is InChI=1S/C22H19N3S/c1-22(2,3)15-6-4-5-13(11-15)14-7-8-17-16(12-14)20-18(23-17)9-10-19-21(20)25-26-24-19/h4-12,24H,1-3H3. The molecule has 2 heterocycles. The number of aromatic amines is 1. The highest BCUT2D eigenvalue weighted by atomic mass is 32.1. The lowest BCUT2D eigenvalue weighted by molar-refractivity contribution is 0.590. The van der Waals surface area contributed by atoms with Gasteiger partial charge in [0.05, 0.1) is 16.6 Å². The van der Waals surface area contributed by atoms with Crippen molar-refractivity contribution in [1.82, 2.24) is 13.7 Å². The quantitative estimate of drug-likeness (QED) is 0.383. The van der Waals surface area contributed by atoms with Crippen molar-refractivity contribution in [2.24, 2.45) is 0 Å². The molecule has 0 aliphatic carbocycles. The molecule has 0 saturated carbocycles. The highest BCUT2D eigenvalue weighted by Gasteiger charge is 2.15. The smallest absolute Gasteiger partial charge is 0.112 e. The number of nitrogens with zero attached hydrogens (tertiary/aromatic N) is 2. The number of hydrogen-bond acceptors (Lipinski definition) is 3. The van der Waals surface area contributed by atoms with Crippen molar-refractivity contribution in [3.05, 3.63) is 60.2 Å². The minimum atomic E-state index is 0.136. The molecule has 0 aliphatic heterocycles. The van der Waals surface area contributed by atoms with Gasteiger partial charge in [-0.05, 0) is 46.4 Å². The fourth-order valence-electron chi connectivity index (χ4n) is 3.54. The molecule has 3 aromatic carbocycles. The van der Waals surface area contributed by atoms with Crippen molar-refractivity contribution >= 4 is 44.6 Å². The summed E-state index contributed by atoms with van der Waals surface area (Å²) >= 11 is 1.38. The maximum atomic E-state index is 4.79. The number of aromatic nitrogens is 3. The van der Waals surface area contributed by atoms with Gasteiger partial charge in [0.1, 0.15) is 5.52 Å². The molecule has 1 N–H and O–H groups in total. The Morgan fingerprint density at radius 2 is 1.69 bits per heavy atom. The number of hydrogen-bond donors (Lipinski definition) is 1. The number of fused-ring (bicyclic) bond motifs is 5. The van der Waals surface area contributed by atoms with Crippen molar-refractivity contribution in [2.75, 3.05) is 0 Å². The molecule has 0 radical (unpaired) electrons. The molecule has 4 heteroatoms. The number of nitrogens with one attached hydrogen (secondary N) is 1. The molecule has 0 saturated heterocycles. The highest BCUT2D eigenvalue weighted by molar-refractivity contribution is 7.00. The van der Waals surface area contributed by atoms with Gasteiger partial charge in [-0.15, -0.1) is 0 Å². The van der Waals surface area contributed by atoms with Gasteiger partial charge < -0.3 is 0 Å². The van der Waals surface area contributed by atoms with E-state index < -0.39 is 0 Å². The molecule has 3 nitrogen and oxygen atoms in total. The summed E-state index contributed by atoms with van der Waals surface area (Å²) in [7, 11) is 0. The topological polar surface area (TPSA) is 41.6 Å². The van der Waals surface area contributed by atoms with Crippen LogP contribution in [0.25, 0.3) is 44.0 Å². The Labute approximate surface area is 156 Å². The van der Waals surface area contributed by atoms with Crippen LogP contribution in [0.1, 0.15) is 26.3 Å². The molecule has 26 heavy (non-hydrogen) atoms. The molecule has 0 atom stereocenters. The van der Waals surface area contributed by atoms with Gasteiger partial charge in [-0.1, -0.05) is 51.1 Å². The molecular formula is C22H19N3S. The van der Waals surface area contributed by atoms with Gasteiger partial charge in [0, 0.05) is 22.5 Å². The largest absolute Gasteiger partial charge is 0.293 e. The molecule has 2 aromatic heterocycles. The molecule has 0 fully saturated rings. The molecule has 5 aromatic rings. The first-order chi connectivity index (χ1) is 12.5. The minimum absolute atomic E-state index is 0.136. The second kappa shape index (κ2) is 5.39. The summed E-state index contributed by atoms with van der Waals surface area (Å²) < 4.78 is 7.80. The first kappa shape index (κ1) is 15.5. The van der Waals surface area contributed by atoms with Crippen LogP contribution < -0.4 is 0 Å². The van der Waals surface area contributed by atoms with E-state index in [0.29, 0.717) is 0 Å². The summed E-state index contributed by atoms with van der Waals surface area (Å²) in [4.78, 5) is 4.79. The summed E-state index contributed by atoms with van der Waals surface area (Å²) in [5, 5.41) is 2.31. The van der Waals surface area contributed by atoms with Gasteiger partial charge in [0.2, 0.25) is 0 Å². The second-order valence-electron chi connectivity index (χ2n) is 7.82. The third-order valence-corrected chi connectivity index (χ3v) is 5.60. The highest BCUT2D eigenvalue weighted by Crippen LogP contribution is 2.35. The Hall–Kier alpha value is -2.72. The van der Waals surface area contributed by atoms with Crippen LogP contribution in [0.15, 0.2) is 54.6 Å². The average Bonchev–Trinajstić information content (AvgIpc) is 3.24. The Morgan fingerprint density at radius 1 is 0.885 bits per heavy atom. The second-order valence-corrected chi connectivity index (χ2v) is 8.38. The number of H-pyrrole nitrogens is 1. The fraction of sp³-hybridized carbons (Fsp3) is 0.182. The van der Waals surface area contributed by atoms with Crippen LogP contribution in [0, 0.1) is 0 Å². The molecule has 0 aliphatic rings. The Bertz CT molecular complexity index is 1270. The predicted molar refractivity (Wildman–Crippen MR) is 111 cm³/mol. The zero-order chi connectivity index (χ0) is 17.9. The van der Waals surface area contributed by atoms with Crippen LogP contribution in [0.4, 0.5) is 0 Å². The Balaban J connectivity index is 1.77. The van der Waals surface area contributed by atoms with E-state index in [0.717, 1.165) is 27.5 Å². The van der Waals surface area contributed by atoms with Crippen LogP contribution in [-0.4, -0.2) is 13.7 Å². The number of rotatable bonds is 1. The first-order valence-corrected chi connectivity index (χ1v) is 9.55. The lowest BCUT2D eigenvalue weighted by Crippen LogP contribution is -2.10. The maximum absolute atomic E-state index is 4.79. The van der Waals surface area contributed by atoms with E-state index in [1.54, 1.807) is 0 Å². The lowest BCUT2D eigenvalue weighted by atomic mass is 9.85. The van der Waals surface area contributed by atoms with Crippen molar-refractivity contribution in [3.63, 3.8) is 0 Å². The van der Waals surface area contributed by atoms with E-state index in [1.165, 1.54) is 33.8 Å². The number of benzene rings is 3. The molecule has 0 amide bonds. The Morgan fingerprint density at radius 3 is 2.54 bits per heavy atom. The van der Waals surface area contributed by atoms with Crippen molar-refractivity contribution in [2.45, 2.75) is 26.2 Å². The van der Waals surface area contributed by atoms with Crippen LogP contribution in [0.3, 0.4) is 0 Å². The van der Waals surface area contributed by atoms with Crippen molar-refractivity contribution in [3.8, 4) is 11.1 Å². The van der Waals surface area contributed by atoms with E-state index in [-0.39, 0.29) is 5.41 Å². The van der Waals surface area contributed by atoms with E-state index in [2.05, 4.69) is 84.1 Å². The van der Waals surface area contributed by atoms with Gasteiger partial charge in [-0.2, -0.15) is 4.37 Å². The third kappa shape index (κ3) is 2.33. The predicted octanol–water partition coefficient (Wildman–Crippen LogP) is 6.29. The fourth-order valence-corrected chi connectivity index (χ4v) is 4.13. The average molecular weight is 357 g/mol.